The molecule has 0 bridgehead atoms. The van der Waals surface area contributed by atoms with E-state index in [-0.39, 0.29) is 6.54 Å². The molecule has 1 aliphatic carbocycles. The lowest BCUT2D eigenvalue weighted by Gasteiger charge is -2.30. The zero-order valence-electron chi connectivity index (χ0n) is 9.91. The minimum atomic E-state index is -0.681. The number of carboxylic acids is 1. The van der Waals surface area contributed by atoms with E-state index in [1.54, 1.807) is 0 Å². The summed E-state index contributed by atoms with van der Waals surface area (Å²) in [4.78, 5) is 13.0. The molecule has 1 saturated carbocycles. The van der Waals surface area contributed by atoms with E-state index in [9.17, 15) is 4.79 Å². The summed E-state index contributed by atoms with van der Waals surface area (Å²) in [6.45, 7) is 4.58. The normalized spacial score (nSPS) is 16.3. The molecule has 3 nitrogen and oxygen atoms in total. The molecule has 0 aliphatic heterocycles. The highest BCUT2D eigenvalue weighted by atomic mass is 16.4. The van der Waals surface area contributed by atoms with Crippen molar-refractivity contribution in [2.45, 2.75) is 64.5 Å². The van der Waals surface area contributed by atoms with Crippen molar-refractivity contribution in [3.63, 3.8) is 0 Å². The lowest BCUT2D eigenvalue weighted by Crippen LogP contribution is -2.40. The van der Waals surface area contributed by atoms with E-state index in [0.29, 0.717) is 12.1 Å². The fraction of sp³-hybridized carbons (Fsp3) is 0.917. The van der Waals surface area contributed by atoms with Gasteiger partial charge in [-0.05, 0) is 25.7 Å². The minimum Gasteiger partial charge on any atom is -0.480 e. The molecule has 0 spiro atoms. The zero-order chi connectivity index (χ0) is 11.3. The predicted molar refractivity (Wildman–Crippen MR) is 61.0 cm³/mol. The first-order valence-corrected chi connectivity index (χ1v) is 6.16. The van der Waals surface area contributed by atoms with E-state index < -0.39 is 5.97 Å². The Bertz CT molecular complexity index is 196. The molecular formula is C12H23NO2. The lowest BCUT2D eigenvalue weighted by atomic mass is 10.0. The molecule has 0 aromatic heterocycles. The van der Waals surface area contributed by atoms with Gasteiger partial charge in [-0.2, -0.15) is 0 Å². The molecule has 0 aromatic rings. The Balaban J connectivity index is 2.52. The third kappa shape index (κ3) is 4.20. The fourth-order valence-corrected chi connectivity index (χ4v) is 2.26. The second-order valence-electron chi connectivity index (χ2n) is 4.53. The van der Waals surface area contributed by atoms with Crippen LogP contribution in [0.5, 0.6) is 0 Å². The number of carbonyl (C=O) groups is 1. The lowest BCUT2D eigenvalue weighted by molar-refractivity contribution is -0.139. The van der Waals surface area contributed by atoms with Crippen LogP contribution in [-0.2, 0) is 4.79 Å². The van der Waals surface area contributed by atoms with Crippen molar-refractivity contribution in [2.24, 2.45) is 0 Å². The van der Waals surface area contributed by atoms with Crippen molar-refractivity contribution in [1.29, 1.82) is 0 Å². The van der Waals surface area contributed by atoms with E-state index in [0.717, 1.165) is 25.7 Å². The Morgan fingerprint density at radius 2 is 1.87 bits per heavy atom. The number of hydrogen-bond donors (Lipinski definition) is 1. The summed E-state index contributed by atoms with van der Waals surface area (Å²) in [5.41, 5.74) is 0. The first kappa shape index (κ1) is 12.5. The van der Waals surface area contributed by atoms with Gasteiger partial charge in [-0.15, -0.1) is 0 Å². The molecule has 0 radical (unpaired) electrons. The molecule has 88 valence electrons. The smallest absolute Gasteiger partial charge is 0.317 e. The Kier molecular flexibility index (Phi) is 5.09. The molecule has 1 N–H and O–H groups in total. The second-order valence-corrected chi connectivity index (χ2v) is 4.53. The third-order valence-electron chi connectivity index (χ3n) is 3.05. The van der Waals surface area contributed by atoms with E-state index in [1.165, 1.54) is 12.8 Å². The van der Waals surface area contributed by atoms with Crippen LogP contribution in [0.4, 0.5) is 0 Å². The third-order valence-corrected chi connectivity index (χ3v) is 3.05. The molecule has 15 heavy (non-hydrogen) atoms. The van der Waals surface area contributed by atoms with Crippen LogP contribution in [0.1, 0.15) is 52.4 Å². The highest BCUT2D eigenvalue weighted by Crippen LogP contribution is 2.30. The number of carboxylic acid groups (broad SMARTS) is 1. The molecule has 3 heteroatoms. The standard InChI is InChI=1S/C12H23NO2/c1-3-5-10(6-4-2)13(9-12(14)15)11-7-8-11/h10-11H,3-9H2,1-2H3,(H,14,15). The van der Waals surface area contributed by atoms with Gasteiger partial charge in [0.25, 0.3) is 0 Å². The molecule has 1 fully saturated rings. The fourth-order valence-electron chi connectivity index (χ4n) is 2.26. The molecular weight excluding hydrogens is 190 g/mol. The van der Waals surface area contributed by atoms with E-state index in [4.69, 9.17) is 5.11 Å². The maximum atomic E-state index is 10.8. The van der Waals surface area contributed by atoms with Crippen LogP contribution in [0, 0.1) is 0 Å². The van der Waals surface area contributed by atoms with Crippen molar-refractivity contribution >= 4 is 5.97 Å². The topological polar surface area (TPSA) is 40.5 Å². The maximum Gasteiger partial charge on any atom is 0.317 e. The molecule has 0 heterocycles. The van der Waals surface area contributed by atoms with Crippen LogP contribution in [0.3, 0.4) is 0 Å². The van der Waals surface area contributed by atoms with Crippen LogP contribution in [0.25, 0.3) is 0 Å². The Labute approximate surface area is 92.5 Å². The molecule has 0 unspecified atom stereocenters. The summed E-state index contributed by atoms with van der Waals surface area (Å²) >= 11 is 0. The summed E-state index contributed by atoms with van der Waals surface area (Å²) in [6.07, 6.45) is 6.95. The number of nitrogens with zero attached hydrogens (tertiary/aromatic N) is 1. The van der Waals surface area contributed by atoms with Crippen molar-refractivity contribution < 1.29 is 9.90 Å². The van der Waals surface area contributed by atoms with Crippen molar-refractivity contribution in [2.75, 3.05) is 6.54 Å². The van der Waals surface area contributed by atoms with Gasteiger partial charge in [-0.25, -0.2) is 0 Å². The number of aliphatic carboxylic acids is 1. The van der Waals surface area contributed by atoms with Gasteiger partial charge in [0.1, 0.15) is 0 Å². The Morgan fingerprint density at radius 3 is 2.20 bits per heavy atom. The van der Waals surface area contributed by atoms with E-state index in [2.05, 4.69) is 18.7 Å². The van der Waals surface area contributed by atoms with E-state index in [1.807, 2.05) is 0 Å². The SMILES string of the molecule is CCCC(CCC)N(CC(=O)O)C1CC1. The van der Waals surface area contributed by atoms with E-state index >= 15 is 0 Å². The maximum absolute atomic E-state index is 10.8. The molecule has 0 amide bonds. The molecule has 0 atom stereocenters. The summed E-state index contributed by atoms with van der Waals surface area (Å²) in [6, 6.07) is 1.05. The molecule has 1 aliphatic rings. The monoisotopic (exact) mass is 213 g/mol. The molecule has 0 aromatic carbocycles. The highest BCUT2D eigenvalue weighted by molar-refractivity contribution is 5.69. The van der Waals surface area contributed by atoms with Gasteiger partial charge in [0.2, 0.25) is 0 Å². The summed E-state index contributed by atoms with van der Waals surface area (Å²) in [5.74, 6) is -0.681. The summed E-state index contributed by atoms with van der Waals surface area (Å²) in [7, 11) is 0. The van der Waals surface area contributed by atoms with Crippen molar-refractivity contribution in [3.8, 4) is 0 Å². The van der Waals surface area contributed by atoms with Crippen LogP contribution >= 0.6 is 0 Å². The Hall–Kier alpha value is -0.570. The molecule has 0 saturated heterocycles. The van der Waals surface area contributed by atoms with Crippen molar-refractivity contribution in [1.82, 2.24) is 4.90 Å². The van der Waals surface area contributed by atoms with Crippen LogP contribution in [-0.4, -0.2) is 34.6 Å². The number of hydrogen-bond acceptors (Lipinski definition) is 2. The van der Waals surface area contributed by atoms with Crippen LogP contribution < -0.4 is 0 Å². The zero-order valence-corrected chi connectivity index (χ0v) is 9.91. The summed E-state index contributed by atoms with van der Waals surface area (Å²) in [5, 5.41) is 8.90. The second kappa shape index (κ2) is 6.11. The first-order chi connectivity index (χ1) is 7.19. The number of rotatable bonds is 8. The largest absolute Gasteiger partial charge is 0.480 e. The first-order valence-electron chi connectivity index (χ1n) is 6.16. The van der Waals surface area contributed by atoms with Crippen molar-refractivity contribution in [3.05, 3.63) is 0 Å². The minimum absolute atomic E-state index is 0.231. The molecule has 1 rings (SSSR count). The average Bonchev–Trinajstić information content (AvgIpc) is 2.97. The van der Waals surface area contributed by atoms with Crippen LogP contribution in [0.15, 0.2) is 0 Å². The van der Waals surface area contributed by atoms with Gasteiger partial charge in [-0.1, -0.05) is 26.7 Å². The van der Waals surface area contributed by atoms with Gasteiger partial charge in [-0.3, -0.25) is 9.69 Å². The van der Waals surface area contributed by atoms with Gasteiger partial charge in [0.05, 0.1) is 6.54 Å². The van der Waals surface area contributed by atoms with Gasteiger partial charge >= 0.3 is 5.97 Å². The predicted octanol–water partition coefficient (Wildman–Crippen LogP) is 2.50. The quantitative estimate of drug-likeness (QED) is 0.673. The van der Waals surface area contributed by atoms with Gasteiger partial charge in [0, 0.05) is 12.1 Å². The van der Waals surface area contributed by atoms with Gasteiger partial charge < -0.3 is 5.11 Å². The average molecular weight is 213 g/mol. The Morgan fingerprint density at radius 1 is 1.33 bits per heavy atom. The highest BCUT2D eigenvalue weighted by Gasteiger charge is 2.34. The van der Waals surface area contributed by atoms with Gasteiger partial charge in [0.15, 0.2) is 0 Å². The van der Waals surface area contributed by atoms with Crippen LogP contribution in [0.2, 0.25) is 0 Å². The summed E-state index contributed by atoms with van der Waals surface area (Å²) < 4.78 is 0.